The van der Waals surface area contributed by atoms with Crippen molar-refractivity contribution in [2.75, 3.05) is 32.3 Å². The van der Waals surface area contributed by atoms with Crippen LogP contribution in [0.5, 0.6) is 11.5 Å². The minimum Gasteiger partial charge on any atom is -0.489 e. The topological polar surface area (TPSA) is 64.6 Å². The van der Waals surface area contributed by atoms with Gasteiger partial charge in [0.25, 0.3) is 0 Å². The number of hydrogen-bond acceptors (Lipinski definition) is 5. The zero-order chi connectivity index (χ0) is 14.8. The molecule has 0 amide bonds. The molecule has 0 saturated heterocycles. The largest absolute Gasteiger partial charge is 0.489 e. The molecule has 0 bridgehead atoms. The maximum atomic E-state index is 11.5. The van der Waals surface area contributed by atoms with E-state index in [0.717, 1.165) is 5.56 Å². The Bertz CT molecular complexity index is 571. The van der Waals surface area contributed by atoms with Crippen LogP contribution in [0.3, 0.4) is 0 Å². The van der Waals surface area contributed by atoms with E-state index in [1.165, 1.54) is 6.26 Å². The van der Waals surface area contributed by atoms with E-state index < -0.39 is 9.84 Å². The van der Waals surface area contributed by atoms with E-state index in [9.17, 15) is 8.42 Å². The Labute approximate surface area is 120 Å². The van der Waals surface area contributed by atoms with Crippen LogP contribution in [-0.2, 0) is 9.84 Å². The lowest BCUT2D eigenvalue weighted by Crippen LogP contribution is -2.24. The Balaban J connectivity index is 2.25. The van der Waals surface area contributed by atoms with E-state index in [1.807, 2.05) is 18.2 Å². The highest BCUT2D eigenvalue weighted by molar-refractivity contribution is 7.90. The van der Waals surface area contributed by atoms with Gasteiger partial charge in [0.1, 0.15) is 9.84 Å². The van der Waals surface area contributed by atoms with E-state index >= 15 is 0 Å². The molecule has 1 N–H and O–H groups in total. The van der Waals surface area contributed by atoms with Crippen LogP contribution < -0.4 is 14.8 Å². The molecule has 2 atom stereocenters. The van der Waals surface area contributed by atoms with Crippen molar-refractivity contribution in [3.8, 4) is 11.5 Å². The van der Waals surface area contributed by atoms with Crippen molar-refractivity contribution >= 4 is 9.84 Å². The van der Waals surface area contributed by atoms with Crippen LogP contribution in [0.1, 0.15) is 18.5 Å². The van der Waals surface area contributed by atoms with Gasteiger partial charge < -0.3 is 14.8 Å². The summed E-state index contributed by atoms with van der Waals surface area (Å²) in [5, 5.41) is 3.03. The van der Waals surface area contributed by atoms with Gasteiger partial charge >= 0.3 is 0 Å². The molecule has 1 aliphatic rings. The van der Waals surface area contributed by atoms with Gasteiger partial charge in [0, 0.05) is 18.2 Å². The molecule has 0 spiro atoms. The molecule has 1 aliphatic heterocycles. The second-order valence-electron chi connectivity index (χ2n) is 5.37. The summed E-state index contributed by atoms with van der Waals surface area (Å²) in [6.07, 6.45) is 1.24. The number of hydrogen-bond donors (Lipinski definition) is 1. The Morgan fingerprint density at radius 1 is 1.30 bits per heavy atom. The van der Waals surface area contributed by atoms with E-state index in [2.05, 4.69) is 12.2 Å². The van der Waals surface area contributed by atoms with Gasteiger partial charge in [-0.3, -0.25) is 0 Å². The molecule has 20 heavy (non-hydrogen) atoms. The average molecular weight is 299 g/mol. The van der Waals surface area contributed by atoms with Crippen molar-refractivity contribution in [3.05, 3.63) is 23.8 Å². The van der Waals surface area contributed by atoms with Gasteiger partial charge in [-0.1, -0.05) is 13.0 Å². The van der Waals surface area contributed by atoms with Crippen LogP contribution in [0.15, 0.2) is 18.2 Å². The SMILES string of the molecule is CNC(CS(C)(=O)=O)c1ccc2c(c1)OCC(C)CO2. The number of benzene rings is 1. The molecule has 1 heterocycles. The van der Waals surface area contributed by atoms with Crippen LogP contribution >= 0.6 is 0 Å². The summed E-state index contributed by atoms with van der Waals surface area (Å²) in [5.41, 5.74) is 0.884. The fraction of sp³-hybridized carbons (Fsp3) is 0.571. The normalized spacial score (nSPS) is 20.2. The van der Waals surface area contributed by atoms with Crippen LogP contribution in [0.2, 0.25) is 0 Å². The molecule has 0 radical (unpaired) electrons. The Morgan fingerprint density at radius 2 is 1.95 bits per heavy atom. The second-order valence-corrected chi connectivity index (χ2v) is 7.55. The predicted octanol–water partition coefficient (Wildman–Crippen LogP) is 1.40. The third-order valence-electron chi connectivity index (χ3n) is 3.23. The summed E-state index contributed by atoms with van der Waals surface area (Å²) in [7, 11) is -1.30. The Morgan fingerprint density at radius 3 is 2.55 bits per heavy atom. The molecule has 0 saturated carbocycles. The number of fused-ring (bicyclic) bond motifs is 1. The van der Waals surface area contributed by atoms with Gasteiger partial charge in [-0.2, -0.15) is 0 Å². The first-order chi connectivity index (χ1) is 9.39. The quantitative estimate of drug-likeness (QED) is 0.910. The van der Waals surface area contributed by atoms with Crippen LogP contribution in [0.4, 0.5) is 0 Å². The molecule has 112 valence electrons. The second kappa shape index (κ2) is 6.01. The summed E-state index contributed by atoms with van der Waals surface area (Å²) in [5.74, 6) is 1.79. The lowest BCUT2D eigenvalue weighted by molar-refractivity contribution is 0.228. The predicted molar refractivity (Wildman–Crippen MR) is 78.1 cm³/mol. The molecule has 2 unspecified atom stereocenters. The van der Waals surface area contributed by atoms with Crippen LogP contribution in [0, 0.1) is 5.92 Å². The third kappa shape index (κ3) is 3.86. The standard InChI is InChI=1S/C14H21NO4S/c1-10-7-18-13-5-4-11(6-14(13)19-8-10)12(15-2)9-20(3,16)17/h4-6,10,12,15H,7-9H2,1-3H3. The molecule has 2 rings (SSSR count). The minimum atomic E-state index is -3.06. The monoisotopic (exact) mass is 299 g/mol. The molecular formula is C14H21NO4S. The van der Waals surface area contributed by atoms with Crippen molar-refractivity contribution in [2.45, 2.75) is 13.0 Å². The van der Waals surface area contributed by atoms with Gasteiger partial charge in [-0.15, -0.1) is 0 Å². The number of sulfone groups is 1. The van der Waals surface area contributed by atoms with Gasteiger partial charge in [-0.25, -0.2) is 8.42 Å². The molecule has 0 aromatic heterocycles. The van der Waals surface area contributed by atoms with Gasteiger partial charge in [0.15, 0.2) is 11.5 Å². The molecule has 0 fully saturated rings. The van der Waals surface area contributed by atoms with Gasteiger partial charge in [0.05, 0.1) is 19.0 Å². The smallest absolute Gasteiger partial charge is 0.161 e. The zero-order valence-corrected chi connectivity index (χ0v) is 12.9. The molecule has 6 heteroatoms. The van der Waals surface area contributed by atoms with E-state index in [4.69, 9.17) is 9.47 Å². The van der Waals surface area contributed by atoms with E-state index in [-0.39, 0.29) is 11.8 Å². The molecule has 0 aliphatic carbocycles. The molecular weight excluding hydrogens is 278 g/mol. The zero-order valence-electron chi connectivity index (χ0n) is 12.0. The summed E-state index contributed by atoms with van der Waals surface area (Å²) in [6.45, 7) is 3.30. The highest BCUT2D eigenvalue weighted by Gasteiger charge is 2.20. The van der Waals surface area contributed by atoms with Crippen LogP contribution in [0.25, 0.3) is 0 Å². The first-order valence-corrected chi connectivity index (χ1v) is 8.69. The first-order valence-electron chi connectivity index (χ1n) is 6.63. The number of nitrogens with one attached hydrogen (secondary N) is 1. The van der Waals surface area contributed by atoms with Crippen molar-refractivity contribution in [2.24, 2.45) is 5.92 Å². The van der Waals surface area contributed by atoms with E-state index in [1.54, 1.807) is 7.05 Å². The first kappa shape index (κ1) is 15.1. The van der Waals surface area contributed by atoms with Gasteiger partial charge in [-0.05, 0) is 24.7 Å². The lowest BCUT2D eigenvalue weighted by atomic mass is 10.1. The summed E-state index contributed by atoms with van der Waals surface area (Å²) in [4.78, 5) is 0. The number of ether oxygens (including phenoxy) is 2. The summed E-state index contributed by atoms with van der Waals surface area (Å²) >= 11 is 0. The van der Waals surface area contributed by atoms with Crippen LogP contribution in [-0.4, -0.2) is 40.7 Å². The maximum Gasteiger partial charge on any atom is 0.161 e. The fourth-order valence-electron chi connectivity index (χ4n) is 2.13. The fourth-order valence-corrected chi connectivity index (χ4v) is 3.10. The van der Waals surface area contributed by atoms with E-state index in [0.29, 0.717) is 30.6 Å². The summed E-state index contributed by atoms with van der Waals surface area (Å²) < 4.78 is 34.3. The lowest BCUT2D eigenvalue weighted by Gasteiger charge is -2.17. The van der Waals surface area contributed by atoms with Crippen molar-refractivity contribution in [1.82, 2.24) is 5.32 Å². The summed E-state index contributed by atoms with van der Waals surface area (Å²) in [6, 6.07) is 5.33. The molecule has 1 aromatic rings. The van der Waals surface area contributed by atoms with Crippen molar-refractivity contribution < 1.29 is 17.9 Å². The molecule has 5 nitrogen and oxygen atoms in total. The third-order valence-corrected chi connectivity index (χ3v) is 4.17. The number of rotatable bonds is 4. The molecule has 1 aromatic carbocycles. The Kier molecular flexibility index (Phi) is 4.55. The maximum absolute atomic E-state index is 11.5. The van der Waals surface area contributed by atoms with Crippen molar-refractivity contribution in [1.29, 1.82) is 0 Å². The van der Waals surface area contributed by atoms with Gasteiger partial charge in [0.2, 0.25) is 0 Å². The van der Waals surface area contributed by atoms with Crippen molar-refractivity contribution in [3.63, 3.8) is 0 Å². The average Bonchev–Trinajstić information content (AvgIpc) is 2.57. The highest BCUT2D eigenvalue weighted by Crippen LogP contribution is 2.33. The highest BCUT2D eigenvalue weighted by atomic mass is 32.2. The Hall–Kier alpha value is -1.27. The minimum absolute atomic E-state index is 0.0551.